The Balaban J connectivity index is 2.61. The van der Waals surface area contributed by atoms with Crippen LogP contribution < -0.4 is 5.32 Å². The lowest BCUT2D eigenvalue weighted by molar-refractivity contribution is 0.630. The smallest absolute Gasteiger partial charge is 0.164 e. The van der Waals surface area contributed by atoms with E-state index >= 15 is 0 Å². The Kier molecular flexibility index (Phi) is 4.00. The standard InChI is InChI=1S/C14H15ClFN3/c1-8(2)11-7-12(17-3)19-14(18-11)9-5-4-6-10(15)13(9)16/h4-8H,1-3H3,(H,17,18,19). The lowest BCUT2D eigenvalue weighted by Gasteiger charge is -2.11. The van der Waals surface area contributed by atoms with E-state index in [0.29, 0.717) is 17.2 Å². The van der Waals surface area contributed by atoms with Crippen LogP contribution in [0.5, 0.6) is 0 Å². The predicted molar refractivity (Wildman–Crippen MR) is 76.1 cm³/mol. The van der Waals surface area contributed by atoms with Crippen LogP contribution in [0.1, 0.15) is 25.5 Å². The van der Waals surface area contributed by atoms with Gasteiger partial charge < -0.3 is 5.32 Å². The monoisotopic (exact) mass is 279 g/mol. The average molecular weight is 280 g/mol. The van der Waals surface area contributed by atoms with Crippen LogP contribution in [0, 0.1) is 5.82 Å². The molecule has 100 valence electrons. The Bertz CT molecular complexity index is 599. The summed E-state index contributed by atoms with van der Waals surface area (Å²) < 4.78 is 14.0. The van der Waals surface area contributed by atoms with Gasteiger partial charge >= 0.3 is 0 Å². The summed E-state index contributed by atoms with van der Waals surface area (Å²) in [4.78, 5) is 8.69. The highest BCUT2D eigenvalue weighted by atomic mass is 35.5. The largest absolute Gasteiger partial charge is 0.373 e. The number of rotatable bonds is 3. The molecule has 0 atom stereocenters. The van der Waals surface area contributed by atoms with Crippen molar-refractivity contribution in [3.05, 3.63) is 40.8 Å². The van der Waals surface area contributed by atoms with Gasteiger partial charge in [0.15, 0.2) is 11.6 Å². The SMILES string of the molecule is CNc1cc(C(C)C)nc(-c2cccc(Cl)c2F)n1. The lowest BCUT2D eigenvalue weighted by atomic mass is 10.1. The van der Waals surface area contributed by atoms with E-state index in [1.807, 2.05) is 19.9 Å². The zero-order chi connectivity index (χ0) is 14.0. The first-order valence-electron chi connectivity index (χ1n) is 6.04. The first kappa shape index (κ1) is 13.7. The molecule has 2 aromatic rings. The number of hydrogen-bond acceptors (Lipinski definition) is 3. The number of nitrogens with one attached hydrogen (secondary N) is 1. The second-order valence-electron chi connectivity index (χ2n) is 4.51. The predicted octanol–water partition coefficient (Wildman–Crippen LogP) is 4.10. The van der Waals surface area contributed by atoms with Crippen LogP contribution in [-0.2, 0) is 0 Å². The van der Waals surface area contributed by atoms with Gasteiger partial charge in [-0.2, -0.15) is 0 Å². The Morgan fingerprint density at radius 3 is 2.63 bits per heavy atom. The molecule has 1 heterocycles. The molecule has 0 aliphatic heterocycles. The highest BCUT2D eigenvalue weighted by Crippen LogP contribution is 2.27. The second kappa shape index (κ2) is 5.53. The normalized spacial score (nSPS) is 10.8. The van der Waals surface area contributed by atoms with Crippen molar-refractivity contribution in [1.82, 2.24) is 9.97 Å². The fourth-order valence-electron chi connectivity index (χ4n) is 1.69. The third kappa shape index (κ3) is 2.84. The first-order valence-corrected chi connectivity index (χ1v) is 6.42. The molecule has 5 heteroatoms. The van der Waals surface area contributed by atoms with E-state index in [4.69, 9.17) is 11.6 Å². The Hall–Kier alpha value is -1.68. The maximum atomic E-state index is 14.0. The molecule has 0 saturated carbocycles. The van der Waals surface area contributed by atoms with E-state index in [1.54, 1.807) is 19.2 Å². The van der Waals surface area contributed by atoms with Gasteiger partial charge in [0.2, 0.25) is 0 Å². The van der Waals surface area contributed by atoms with E-state index < -0.39 is 5.82 Å². The Morgan fingerprint density at radius 1 is 1.26 bits per heavy atom. The molecule has 0 unspecified atom stereocenters. The summed E-state index contributed by atoms with van der Waals surface area (Å²) >= 11 is 5.79. The fourth-order valence-corrected chi connectivity index (χ4v) is 1.86. The van der Waals surface area contributed by atoms with Crippen LogP contribution in [0.2, 0.25) is 5.02 Å². The van der Waals surface area contributed by atoms with Crippen molar-refractivity contribution in [2.24, 2.45) is 0 Å². The zero-order valence-corrected chi connectivity index (χ0v) is 11.8. The molecule has 1 aromatic heterocycles. The summed E-state index contributed by atoms with van der Waals surface area (Å²) in [6, 6.07) is 6.67. The van der Waals surface area contributed by atoms with Crippen LogP contribution in [0.3, 0.4) is 0 Å². The van der Waals surface area contributed by atoms with Gasteiger partial charge in [0.25, 0.3) is 0 Å². The number of hydrogen-bond donors (Lipinski definition) is 1. The van der Waals surface area contributed by atoms with Crippen molar-refractivity contribution in [2.45, 2.75) is 19.8 Å². The highest BCUT2D eigenvalue weighted by Gasteiger charge is 2.14. The number of anilines is 1. The minimum absolute atomic E-state index is 0.0713. The molecule has 19 heavy (non-hydrogen) atoms. The van der Waals surface area contributed by atoms with Crippen molar-refractivity contribution in [1.29, 1.82) is 0 Å². The Morgan fingerprint density at radius 2 is 2.00 bits per heavy atom. The van der Waals surface area contributed by atoms with Crippen LogP contribution in [-0.4, -0.2) is 17.0 Å². The second-order valence-corrected chi connectivity index (χ2v) is 4.91. The number of nitrogens with zero attached hydrogens (tertiary/aromatic N) is 2. The van der Waals surface area contributed by atoms with Gasteiger partial charge in [-0.05, 0) is 18.1 Å². The van der Waals surface area contributed by atoms with Crippen LogP contribution >= 0.6 is 11.6 Å². The average Bonchev–Trinajstić information content (AvgIpc) is 2.41. The molecule has 0 spiro atoms. The van der Waals surface area contributed by atoms with Gasteiger partial charge in [0, 0.05) is 18.8 Å². The van der Waals surface area contributed by atoms with Gasteiger partial charge in [-0.25, -0.2) is 14.4 Å². The fraction of sp³-hybridized carbons (Fsp3) is 0.286. The summed E-state index contributed by atoms with van der Waals surface area (Å²) in [6.07, 6.45) is 0. The molecule has 2 rings (SSSR count). The molecule has 0 aliphatic carbocycles. The molecule has 1 N–H and O–H groups in total. The Labute approximate surface area is 116 Å². The van der Waals surface area contributed by atoms with E-state index in [0.717, 1.165) is 5.69 Å². The van der Waals surface area contributed by atoms with Crippen molar-refractivity contribution < 1.29 is 4.39 Å². The van der Waals surface area contributed by atoms with Gasteiger partial charge in [0.05, 0.1) is 10.6 Å². The molecule has 3 nitrogen and oxygen atoms in total. The summed E-state index contributed by atoms with van der Waals surface area (Å²) in [5.74, 6) is 0.742. The maximum Gasteiger partial charge on any atom is 0.164 e. The van der Waals surface area contributed by atoms with Crippen LogP contribution in [0.4, 0.5) is 10.2 Å². The van der Waals surface area contributed by atoms with E-state index in [9.17, 15) is 4.39 Å². The van der Waals surface area contributed by atoms with Gasteiger partial charge in [-0.3, -0.25) is 0 Å². The van der Waals surface area contributed by atoms with Gasteiger partial charge in [-0.1, -0.05) is 31.5 Å². The molecule has 0 amide bonds. The van der Waals surface area contributed by atoms with Crippen LogP contribution in [0.15, 0.2) is 24.3 Å². The van der Waals surface area contributed by atoms with Crippen molar-refractivity contribution in [3.63, 3.8) is 0 Å². The molecule has 0 aliphatic rings. The zero-order valence-electron chi connectivity index (χ0n) is 11.0. The number of benzene rings is 1. The molecule has 0 fully saturated rings. The molecule has 1 aromatic carbocycles. The van der Waals surface area contributed by atoms with E-state index in [1.165, 1.54) is 6.07 Å². The molecule has 0 radical (unpaired) electrons. The minimum atomic E-state index is -0.493. The lowest BCUT2D eigenvalue weighted by Crippen LogP contribution is -2.03. The number of halogens is 2. The highest BCUT2D eigenvalue weighted by molar-refractivity contribution is 6.31. The van der Waals surface area contributed by atoms with E-state index in [2.05, 4.69) is 15.3 Å². The summed E-state index contributed by atoms with van der Waals surface area (Å²) in [6.45, 7) is 4.06. The molecular formula is C14H15ClFN3. The topological polar surface area (TPSA) is 37.8 Å². The molecule has 0 saturated heterocycles. The minimum Gasteiger partial charge on any atom is -0.373 e. The van der Waals surface area contributed by atoms with Crippen molar-refractivity contribution in [2.75, 3.05) is 12.4 Å². The summed E-state index contributed by atoms with van der Waals surface area (Å²) in [7, 11) is 1.77. The summed E-state index contributed by atoms with van der Waals surface area (Å²) in [5, 5.41) is 3.03. The van der Waals surface area contributed by atoms with E-state index in [-0.39, 0.29) is 10.9 Å². The van der Waals surface area contributed by atoms with Crippen molar-refractivity contribution >= 4 is 17.4 Å². The van der Waals surface area contributed by atoms with Crippen LogP contribution in [0.25, 0.3) is 11.4 Å². The van der Waals surface area contributed by atoms with Gasteiger partial charge in [-0.15, -0.1) is 0 Å². The van der Waals surface area contributed by atoms with Gasteiger partial charge in [0.1, 0.15) is 5.82 Å². The molecular weight excluding hydrogens is 265 g/mol. The third-order valence-electron chi connectivity index (χ3n) is 2.79. The molecule has 0 bridgehead atoms. The quantitative estimate of drug-likeness (QED) is 0.919. The number of aromatic nitrogens is 2. The third-order valence-corrected chi connectivity index (χ3v) is 3.08. The maximum absolute atomic E-state index is 14.0. The van der Waals surface area contributed by atoms with Crippen molar-refractivity contribution in [3.8, 4) is 11.4 Å². The first-order chi connectivity index (χ1) is 9.02. The summed E-state index contributed by atoms with van der Waals surface area (Å²) in [5.41, 5.74) is 1.17.